The zero-order valence-corrected chi connectivity index (χ0v) is 15.4. The predicted octanol–water partition coefficient (Wildman–Crippen LogP) is 2.31. The van der Waals surface area contributed by atoms with Crippen LogP contribution in [0.3, 0.4) is 0 Å². The molecular formula is C22H25N3O2. The number of carbonyl (C=O) groups is 2. The van der Waals surface area contributed by atoms with Crippen molar-refractivity contribution < 1.29 is 9.59 Å². The highest BCUT2D eigenvalue weighted by Gasteiger charge is 2.31. The highest BCUT2D eigenvalue weighted by Crippen LogP contribution is 2.33. The molecule has 2 aromatic carbocycles. The molecule has 1 unspecified atom stereocenters. The number of hydrogen-bond donors (Lipinski definition) is 1. The van der Waals surface area contributed by atoms with E-state index in [4.69, 9.17) is 5.73 Å². The fraction of sp³-hybridized carbons (Fsp3) is 0.364. The fourth-order valence-electron chi connectivity index (χ4n) is 4.33. The molecule has 5 heteroatoms. The van der Waals surface area contributed by atoms with Gasteiger partial charge in [0.2, 0.25) is 5.91 Å². The van der Waals surface area contributed by atoms with Crippen LogP contribution in [0, 0.1) is 0 Å². The first kappa shape index (κ1) is 17.6. The second-order valence-electron chi connectivity index (χ2n) is 7.44. The van der Waals surface area contributed by atoms with Crippen molar-refractivity contribution in [2.45, 2.75) is 31.7 Å². The molecule has 2 aliphatic rings. The summed E-state index contributed by atoms with van der Waals surface area (Å²) in [4.78, 5) is 28.2. The summed E-state index contributed by atoms with van der Waals surface area (Å²) in [7, 11) is 0. The van der Waals surface area contributed by atoms with Gasteiger partial charge in [-0.05, 0) is 35.7 Å². The number of para-hydroxylation sites is 1. The largest absolute Gasteiger partial charge is 0.370 e. The van der Waals surface area contributed by atoms with Crippen LogP contribution in [-0.2, 0) is 22.4 Å². The van der Waals surface area contributed by atoms with Crippen LogP contribution in [0.2, 0.25) is 0 Å². The van der Waals surface area contributed by atoms with Crippen molar-refractivity contribution >= 4 is 23.1 Å². The zero-order valence-electron chi connectivity index (χ0n) is 15.4. The van der Waals surface area contributed by atoms with E-state index in [1.165, 1.54) is 11.3 Å². The lowest BCUT2D eigenvalue weighted by Gasteiger charge is -2.44. The van der Waals surface area contributed by atoms with Crippen LogP contribution in [0.4, 0.5) is 11.4 Å². The standard InChI is InChI=1S/C22H25N3O2/c23-22(27)10-9-18-15-24(17-6-2-1-3-7-17)11-12-25(18)21-8-4-5-16-13-19(26)14-20(16)21/h1-8,18H,9-15H2,(H2,23,27). The second kappa shape index (κ2) is 7.43. The Balaban J connectivity index is 1.61. The molecule has 5 nitrogen and oxygen atoms in total. The first-order valence-electron chi connectivity index (χ1n) is 9.59. The molecular weight excluding hydrogens is 338 g/mol. The van der Waals surface area contributed by atoms with Gasteiger partial charge < -0.3 is 15.5 Å². The summed E-state index contributed by atoms with van der Waals surface area (Å²) in [6.07, 6.45) is 2.15. The summed E-state index contributed by atoms with van der Waals surface area (Å²) in [6.45, 7) is 2.62. The molecule has 4 rings (SSSR count). The molecule has 2 aromatic rings. The van der Waals surface area contributed by atoms with E-state index < -0.39 is 0 Å². The van der Waals surface area contributed by atoms with Crippen LogP contribution in [0.15, 0.2) is 48.5 Å². The number of fused-ring (bicyclic) bond motifs is 1. The number of primary amides is 1. The topological polar surface area (TPSA) is 66.6 Å². The van der Waals surface area contributed by atoms with E-state index in [1.807, 2.05) is 12.1 Å². The van der Waals surface area contributed by atoms with Gasteiger partial charge in [0.1, 0.15) is 5.78 Å². The number of ketones is 1. The first-order chi connectivity index (χ1) is 13.1. The van der Waals surface area contributed by atoms with E-state index in [-0.39, 0.29) is 17.7 Å². The lowest BCUT2D eigenvalue weighted by molar-refractivity contribution is -0.118. The second-order valence-corrected chi connectivity index (χ2v) is 7.44. The molecule has 1 fully saturated rings. The quantitative estimate of drug-likeness (QED) is 0.885. The number of amides is 1. The van der Waals surface area contributed by atoms with Gasteiger partial charge in [-0.1, -0.05) is 30.3 Å². The summed E-state index contributed by atoms with van der Waals surface area (Å²) >= 11 is 0. The Kier molecular flexibility index (Phi) is 4.84. The number of carbonyl (C=O) groups excluding carboxylic acids is 2. The molecule has 1 aliphatic carbocycles. The molecule has 0 bridgehead atoms. The Labute approximate surface area is 159 Å². The Morgan fingerprint density at radius 2 is 1.85 bits per heavy atom. The van der Waals surface area contributed by atoms with Crippen LogP contribution in [0.5, 0.6) is 0 Å². The molecule has 0 radical (unpaired) electrons. The number of Topliss-reactive ketones (excluding diaryl/α,β-unsaturated/α-hetero) is 1. The zero-order chi connectivity index (χ0) is 18.8. The minimum atomic E-state index is -0.264. The highest BCUT2D eigenvalue weighted by molar-refractivity contribution is 5.90. The third kappa shape index (κ3) is 3.68. The van der Waals surface area contributed by atoms with E-state index in [1.54, 1.807) is 0 Å². The lowest BCUT2D eigenvalue weighted by atomic mass is 10.0. The Morgan fingerprint density at radius 3 is 2.63 bits per heavy atom. The lowest BCUT2D eigenvalue weighted by Crippen LogP contribution is -2.54. The van der Waals surface area contributed by atoms with Crippen LogP contribution < -0.4 is 15.5 Å². The van der Waals surface area contributed by atoms with Crippen molar-refractivity contribution in [2.24, 2.45) is 5.73 Å². The van der Waals surface area contributed by atoms with Gasteiger partial charge in [0.25, 0.3) is 0 Å². The molecule has 0 spiro atoms. The maximum absolute atomic E-state index is 12.0. The summed E-state index contributed by atoms with van der Waals surface area (Å²) in [5.41, 5.74) is 10.1. The van der Waals surface area contributed by atoms with Gasteiger partial charge in [-0.3, -0.25) is 9.59 Å². The van der Waals surface area contributed by atoms with E-state index in [0.717, 1.165) is 37.3 Å². The summed E-state index contributed by atoms with van der Waals surface area (Å²) in [5, 5.41) is 0. The SMILES string of the molecule is NC(=O)CCC1CN(c2ccccc2)CCN1c1cccc2c1CC(=O)C2. The molecule has 1 atom stereocenters. The number of hydrogen-bond acceptors (Lipinski definition) is 4. The number of benzene rings is 2. The molecule has 0 saturated carbocycles. The summed E-state index contributed by atoms with van der Waals surface area (Å²) in [5.74, 6) is 0.0225. The van der Waals surface area contributed by atoms with E-state index in [2.05, 4.69) is 46.2 Å². The number of nitrogens with zero attached hydrogens (tertiary/aromatic N) is 2. The minimum absolute atomic E-state index is 0.189. The van der Waals surface area contributed by atoms with Gasteiger partial charge in [-0.15, -0.1) is 0 Å². The van der Waals surface area contributed by atoms with Crippen LogP contribution in [-0.4, -0.2) is 37.4 Å². The third-order valence-electron chi connectivity index (χ3n) is 5.65. The van der Waals surface area contributed by atoms with Gasteiger partial charge >= 0.3 is 0 Å². The van der Waals surface area contributed by atoms with Crippen molar-refractivity contribution in [3.63, 3.8) is 0 Å². The van der Waals surface area contributed by atoms with E-state index in [0.29, 0.717) is 19.3 Å². The molecule has 1 saturated heterocycles. The Bertz CT molecular complexity index is 850. The van der Waals surface area contributed by atoms with Crippen LogP contribution in [0.1, 0.15) is 24.0 Å². The molecule has 1 heterocycles. The molecule has 2 N–H and O–H groups in total. The smallest absolute Gasteiger partial charge is 0.217 e. The first-order valence-corrected chi connectivity index (χ1v) is 9.59. The van der Waals surface area contributed by atoms with Gasteiger partial charge in [0.05, 0.1) is 0 Å². The molecule has 27 heavy (non-hydrogen) atoms. The van der Waals surface area contributed by atoms with Crippen LogP contribution in [0.25, 0.3) is 0 Å². The summed E-state index contributed by atoms with van der Waals surface area (Å²) in [6, 6.07) is 16.8. The van der Waals surface area contributed by atoms with Crippen molar-refractivity contribution in [1.29, 1.82) is 0 Å². The van der Waals surface area contributed by atoms with Crippen molar-refractivity contribution in [2.75, 3.05) is 29.4 Å². The summed E-state index contributed by atoms with van der Waals surface area (Å²) < 4.78 is 0. The van der Waals surface area contributed by atoms with E-state index in [9.17, 15) is 9.59 Å². The maximum atomic E-state index is 12.0. The predicted molar refractivity (Wildman–Crippen MR) is 107 cm³/mol. The normalized spacial score (nSPS) is 19.3. The maximum Gasteiger partial charge on any atom is 0.217 e. The number of rotatable bonds is 5. The van der Waals surface area contributed by atoms with Crippen molar-refractivity contribution in [3.05, 3.63) is 59.7 Å². The molecule has 140 valence electrons. The van der Waals surface area contributed by atoms with Crippen molar-refractivity contribution in [3.8, 4) is 0 Å². The highest BCUT2D eigenvalue weighted by atomic mass is 16.1. The Hall–Kier alpha value is -2.82. The minimum Gasteiger partial charge on any atom is -0.370 e. The van der Waals surface area contributed by atoms with E-state index >= 15 is 0 Å². The number of piperazine rings is 1. The third-order valence-corrected chi connectivity index (χ3v) is 5.65. The van der Waals surface area contributed by atoms with Gasteiger partial charge in [-0.25, -0.2) is 0 Å². The van der Waals surface area contributed by atoms with Gasteiger partial charge in [0.15, 0.2) is 0 Å². The Morgan fingerprint density at radius 1 is 1.04 bits per heavy atom. The van der Waals surface area contributed by atoms with Gasteiger partial charge in [0, 0.05) is 56.3 Å². The average Bonchev–Trinajstić information content (AvgIpc) is 3.07. The number of anilines is 2. The van der Waals surface area contributed by atoms with Crippen LogP contribution >= 0.6 is 0 Å². The molecule has 1 aliphatic heterocycles. The van der Waals surface area contributed by atoms with Gasteiger partial charge in [-0.2, -0.15) is 0 Å². The molecule has 1 amide bonds. The molecule has 0 aromatic heterocycles. The van der Waals surface area contributed by atoms with Crippen molar-refractivity contribution in [1.82, 2.24) is 0 Å². The average molecular weight is 363 g/mol. The number of nitrogens with two attached hydrogens (primary N) is 1. The monoisotopic (exact) mass is 363 g/mol. The fourth-order valence-corrected chi connectivity index (χ4v) is 4.33.